The van der Waals surface area contributed by atoms with Crippen LogP contribution in [0.5, 0.6) is 0 Å². The molecule has 0 unspecified atom stereocenters. The first-order valence-corrected chi connectivity index (χ1v) is 8.05. The summed E-state index contributed by atoms with van der Waals surface area (Å²) in [5, 5.41) is 1.09. The second kappa shape index (κ2) is 6.40. The molecular weight excluding hydrogens is 333 g/mol. The molecule has 6 heteroatoms. The highest BCUT2D eigenvalue weighted by atomic mass is 35.5. The molecule has 0 bridgehead atoms. The molecule has 1 aliphatic rings. The van der Waals surface area contributed by atoms with Gasteiger partial charge in [0.25, 0.3) is 0 Å². The lowest BCUT2D eigenvalue weighted by Crippen LogP contribution is -2.42. The maximum Gasteiger partial charge on any atom is 0.240 e. The smallest absolute Gasteiger partial charge is 0.240 e. The van der Waals surface area contributed by atoms with Crippen LogP contribution in [-0.4, -0.2) is 16.8 Å². The van der Waals surface area contributed by atoms with E-state index in [4.69, 9.17) is 34.7 Å². The number of halogens is 2. The molecule has 1 amide bonds. The minimum Gasteiger partial charge on any atom is -0.399 e. The van der Waals surface area contributed by atoms with E-state index < -0.39 is 6.04 Å². The Kier molecular flexibility index (Phi) is 4.48. The Hall–Kier alpha value is -1.75. The van der Waals surface area contributed by atoms with Crippen molar-refractivity contribution in [2.45, 2.75) is 25.6 Å². The highest BCUT2D eigenvalue weighted by molar-refractivity contribution is 6.35. The van der Waals surface area contributed by atoms with Gasteiger partial charge in [-0.15, -0.1) is 0 Å². The Balaban J connectivity index is 1.69. The zero-order valence-electron chi connectivity index (χ0n) is 12.4. The molecule has 0 saturated heterocycles. The van der Waals surface area contributed by atoms with Gasteiger partial charge >= 0.3 is 0 Å². The van der Waals surface area contributed by atoms with Gasteiger partial charge in [-0.25, -0.2) is 0 Å². The zero-order chi connectivity index (χ0) is 16.6. The third-order valence-corrected chi connectivity index (χ3v) is 4.62. The highest BCUT2D eigenvalue weighted by Gasteiger charge is 2.27. The Labute approximate surface area is 145 Å². The van der Waals surface area contributed by atoms with Crippen molar-refractivity contribution in [2.24, 2.45) is 5.73 Å². The van der Waals surface area contributed by atoms with Crippen LogP contribution in [0.25, 0.3) is 0 Å². The van der Waals surface area contributed by atoms with E-state index in [1.165, 1.54) is 0 Å². The van der Waals surface area contributed by atoms with Gasteiger partial charge in [-0.1, -0.05) is 35.3 Å². The highest BCUT2D eigenvalue weighted by Crippen LogP contribution is 2.26. The van der Waals surface area contributed by atoms with Crippen LogP contribution in [0.4, 0.5) is 5.69 Å². The number of carbonyl (C=O) groups is 1. The number of fused-ring (bicyclic) bond motifs is 1. The lowest BCUT2D eigenvalue weighted by molar-refractivity contribution is -0.133. The fourth-order valence-electron chi connectivity index (χ4n) is 2.82. The van der Waals surface area contributed by atoms with Crippen molar-refractivity contribution in [3.63, 3.8) is 0 Å². The topological polar surface area (TPSA) is 72.3 Å². The van der Waals surface area contributed by atoms with Crippen molar-refractivity contribution in [1.82, 2.24) is 4.90 Å². The number of anilines is 1. The van der Waals surface area contributed by atoms with Crippen LogP contribution in [0.15, 0.2) is 36.4 Å². The number of nitrogens with zero attached hydrogens (tertiary/aromatic N) is 1. The van der Waals surface area contributed by atoms with E-state index in [2.05, 4.69) is 0 Å². The van der Waals surface area contributed by atoms with Crippen LogP contribution < -0.4 is 11.5 Å². The van der Waals surface area contributed by atoms with Crippen molar-refractivity contribution >= 4 is 34.8 Å². The third kappa shape index (κ3) is 3.44. The number of hydrogen-bond donors (Lipinski definition) is 2. The summed E-state index contributed by atoms with van der Waals surface area (Å²) in [5.41, 5.74) is 15.6. The molecule has 1 atom stereocenters. The molecule has 0 fully saturated rings. The van der Waals surface area contributed by atoms with Gasteiger partial charge in [0.05, 0.1) is 6.04 Å². The molecule has 3 rings (SSSR count). The second-order valence-electron chi connectivity index (χ2n) is 5.77. The van der Waals surface area contributed by atoms with Crippen molar-refractivity contribution in [3.05, 3.63) is 63.1 Å². The molecule has 1 aliphatic heterocycles. The molecule has 1 heterocycles. The number of amides is 1. The normalized spacial score (nSPS) is 14.7. The van der Waals surface area contributed by atoms with Gasteiger partial charge in [-0.3, -0.25) is 4.79 Å². The molecule has 23 heavy (non-hydrogen) atoms. The van der Waals surface area contributed by atoms with Crippen LogP contribution in [0.2, 0.25) is 10.0 Å². The predicted molar refractivity (Wildman–Crippen MR) is 93.2 cm³/mol. The predicted octanol–water partition coefficient (Wildman–Crippen LogP) is 2.99. The third-order valence-electron chi connectivity index (χ3n) is 4.04. The maximum absolute atomic E-state index is 12.6. The van der Waals surface area contributed by atoms with Crippen LogP contribution in [0.1, 0.15) is 16.7 Å². The van der Waals surface area contributed by atoms with Crippen LogP contribution in [-0.2, 0) is 24.3 Å². The van der Waals surface area contributed by atoms with Gasteiger partial charge in [0.1, 0.15) is 0 Å². The van der Waals surface area contributed by atoms with E-state index in [1.54, 1.807) is 23.1 Å². The lowest BCUT2D eigenvalue weighted by atomic mass is 10.1. The van der Waals surface area contributed by atoms with E-state index in [0.29, 0.717) is 35.2 Å². The molecule has 2 aromatic rings. The first-order chi connectivity index (χ1) is 10.9. The lowest BCUT2D eigenvalue weighted by Gasteiger charge is -2.20. The van der Waals surface area contributed by atoms with Crippen LogP contribution >= 0.6 is 23.2 Å². The van der Waals surface area contributed by atoms with Crippen molar-refractivity contribution in [3.8, 4) is 0 Å². The minimum absolute atomic E-state index is 0.0919. The number of nitrogen functional groups attached to an aromatic ring is 1. The van der Waals surface area contributed by atoms with E-state index in [9.17, 15) is 4.79 Å². The average molecular weight is 350 g/mol. The fourth-order valence-corrected chi connectivity index (χ4v) is 3.30. The monoisotopic (exact) mass is 349 g/mol. The van der Waals surface area contributed by atoms with Crippen LogP contribution in [0.3, 0.4) is 0 Å². The molecular formula is C17H17Cl2N3O. The summed E-state index contributed by atoms with van der Waals surface area (Å²) in [5.74, 6) is -0.0919. The standard InChI is InChI=1S/C17H17Cl2N3O/c18-13-3-1-10(15(19)7-13)6-16(21)17(23)22-8-11-2-4-14(20)5-12(11)9-22/h1-5,7,16H,6,8-9,20-21H2/t16-/m1/s1. The van der Waals surface area contributed by atoms with Gasteiger partial charge in [0.15, 0.2) is 0 Å². The summed E-state index contributed by atoms with van der Waals surface area (Å²) >= 11 is 12.0. The van der Waals surface area contributed by atoms with Crippen molar-refractivity contribution < 1.29 is 4.79 Å². The number of rotatable bonds is 3. The molecule has 120 valence electrons. The van der Waals surface area contributed by atoms with Gasteiger partial charge in [0.2, 0.25) is 5.91 Å². The van der Waals surface area contributed by atoms with Gasteiger partial charge in [-0.2, -0.15) is 0 Å². The fraction of sp³-hybridized carbons (Fsp3) is 0.235. The Bertz CT molecular complexity index is 763. The van der Waals surface area contributed by atoms with E-state index in [0.717, 1.165) is 16.7 Å². The Morgan fingerprint density at radius 1 is 1.13 bits per heavy atom. The summed E-state index contributed by atoms with van der Waals surface area (Å²) in [6.07, 6.45) is 0.379. The molecule has 0 aromatic heterocycles. The first kappa shape index (κ1) is 16.1. The number of benzene rings is 2. The molecule has 2 aromatic carbocycles. The van der Waals surface area contributed by atoms with Crippen LogP contribution in [0, 0.1) is 0 Å². The Morgan fingerprint density at radius 2 is 1.87 bits per heavy atom. The van der Waals surface area contributed by atoms with Gasteiger partial charge in [-0.05, 0) is 47.4 Å². The second-order valence-corrected chi connectivity index (χ2v) is 6.61. The summed E-state index contributed by atoms with van der Waals surface area (Å²) < 4.78 is 0. The minimum atomic E-state index is -0.639. The quantitative estimate of drug-likeness (QED) is 0.836. The number of hydrogen-bond acceptors (Lipinski definition) is 3. The van der Waals surface area contributed by atoms with E-state index in [1.807, 2.05) is 18.2 Å². The van der Waals surface area contributed by atoms with Gasteiger partial charge < -0.3 is 16.4 Å². The van der Waals surface area contributed by atoms with Crippen molar-refractivity contribution in [2.75, 3.05) is 5.73 Å². The first-order valence-electron chi connectivity index (χ1n) is 7.29. The summed E-state index contributed by atoms with van der Waals surface area (Å²) in [6, 6.07) is 10.3. The molecule has 0 spiro atoms. The van der Waals surface area contributed by atoms with E-state index in [-0.39, 0.29) is 5.91 Å². The molecule has 4 nitrogen and oxygen atoms in total. The number of carbonyl (C=O) groups excluding carboxylic acids is 1. The molecule has 0 aliphatic carbocycles. The van der Waals surface area contributed by atoms with E-state index >= 15 is 0 Å². The van der Waals surface area contributed by atoms with Crippen molar-refractivity contribution in [1.29, 1.82) is 0 Å². The summed E-state index contributed by atoms with van der Waals surface area (Å²) in [4.78, 5) is 14.3. The number of nitrogens with two attached hydrogens (primary N) is 2. The maximum atomic E-state index is 12.6. The molecule has 0 saturated carbocycles. The summed E-state index contributed by atoms with van der Waals surface area (Å²) in [6.45, 7) is 1.11. The van der Waals surface area contributed by atoms with Gasteiger partial charge in [0, 0.05) is 28.8 Å². The average Bonchev–Trinajstić information content (AvgIpc) is 2.92. The molecule has 0 radical (unpaired) electrons. The summed E-state index contributed by atoms with van der Waals surface area (Å²) in [7, 11) is 0. The molecule has 4 N–H and O–H groups in total. The Morgan fingerprint density at radius 3 is 2.61 bits per heavy atom. The zero-order valence-corrected chi connectivity index (χ0v) is 13.9. The SMILES string of the molecule is Nc1ccc2c(c1)CN(C(=O)[C@H](N)Cc1ccc(Cl)cc1Cl)C2. The largest absolute Gasteiger partial charge is 0.399 e.